The smallest absolute Gasteiger partial charge is 0.298 e. The Labute approximate surface area is 197 Å². The van der Waals surface area contributed by atoms with Gasteiger partial charge in [0.05, 0.1) is 25.4 Å². The van der Waals surface area contributed by atoms with Crippen LogP contribution in [0.2, 0.25) is 0 Å². The molecule has 2 saturated carbocycles. The lowest BCUT2D eigenvalue weighted by Gasteiger charge is -2.47. The number of anilines is 2. The van der Waals surface area contributed by atoms with Gasteiger partial charge in [-0.05, 0) is 55.6 Å². The topological polar surface area (TPSA) is 76.8 Å². The second-order valence-corrected chi connectivity index (χ2v) is 9.82. The molecule has 3 aliphatic rings. The van der Waals surface area contributed by atoms with E-state index in [1.54, 1.807) is 7.11 Å². The molecule has 1 N–H and O–H groups in total. The van der Waals surface area contributed by atoms with Crippen LogP contribution in [0.3, 0.4) is 0 Å². The first kappa shape index (κ1) is 23.1. The van der Waals surface area contributed by atoms with E-state index in [1.807, 2.05) is 18.7 Å². The summed E-state index contributed by atoms with van der Waals surface area (Å²) >= 11 is 0. The standard InChI is InChI=1S/C25H31F2N3O4/c1-4-18-22(29-24(34-18)30-12-25(5-2,13-30)32-3)23(31)28-17-6-7-19(21(27)20(17)26)33-11-14-8-15-10-16(15)9-14/h6-7,14-16H,4-5,8-13H2,1-3H3,(H,28,31). The summed E-state index contributed by atoms with van der Waals surface area (Å²) in [7, 11) is 1.67. The van der Waals surface area contributed by atoms with Crippen molar-refractivity contribution in [3.63, 3.8) is 0 Å². The molecule has 3 fully saturated rings. The Morgan fingerprint density at radius 2 is 1.94 bits per heavy atom. The van der Waals surface area contributed by atoms with Crippen LogP contribution < -0.4 is 15.0 Å². The summed E-state index contributed by atoms with van der Waals surface area (Å²) in [6.07, 6.45) is 4.78. The van der Waals surface area contributed by atoms with E-state index in [0.29, 0.717) is 43.8 Å². The largest absolute Gasteiger partial charge is 0.490 e. The number of nitrogens with one attached hydrogen (secondary N) is 1. The Hall–Kier alpha value is -2.68. The highest BCUT2D eigenvalue weighted by Gasteiger charge is 2.46. The van der Waals surface area contributed by atoms with Crippen LogP contribution in [0, 0.1) is 29.4 Å². The fourth-order valence-electron chi connectivity index (χ4n) is 5.28. The Morgan fingerprint density at radius 3 is 2.59 bits per heavy atom. The van der Waals surface area contributed by atoms with Crippen LogP contribution in [0.5, 0.6) is 5.75 Å². The second kappa shape index (κ2) is 8.83. The van der Waals surface area contributed by atoms with Gasteiger partial charge in [-0.3, -0.25) is 4.79 Å². The number of oxazole rings is 1. The molecule has 2 unspecified atom stereocenters. The predicted molar refractivity (Wildman–Crippen MR) is 122 cm³/mol. The van der Waals surface area contributed by atoms with Gasteiger partial charge in [0, 0.05) is 13.5 Å². The van der Waals surface area contributed by atoms with Crippen molar-refractivity contribution in [1.29, 1.82) is 0 Å². The number of amides is 1. The Morgan fingerprint density at radius 1 is 1.21 bits per heavy atom. The number of hydrogen-bond acceptors (Lipinski definition) is 6. The van der Waals surface area contributed by atoms with Gasteiger partial charge in [0.15, 0.2) is 17.3 Å². The molecule has 0 radical (unpaired) electrons. The average molecular weight is 476 g/mol. The molecule has 1 aromatic carbocycles. The van der Waals surface area contributed by atoms with Crippen molar-refractivity contribution < 1.29 is 27.5 Å². The summed E-state index contributed by atoms with van der Waals surface area (Å²) < 4.78 is 46.3. The molecule has 2 heterocycles. The molecule has 2 aliphatic carbocycles. The molecule has 184 valence electrons. The van der Waals surface area contributed by atoms with E-state index >= 15 is 0 Å². The molecule has 34 heavy (non-hydrogen) atoms. The monoisotopic (exact) mass is 475 g/mol. The SMILES string of the molecule is CCc1oc(N2CC(CC)(OC)C2)nc1C(=O)Nc1ccc(OCC2CC3CC3C2)c(F)c1F. The molecule has 1 amide bonds. The first-order valence-corrected chi connectivity index (χ1v) is 12.1. The summed E-state index contributed by atoms with van der Waals surface area (Å²) in [4.78, 5) is 19.1. The number of aromatic nitrogens is 1. The van der Waals surface area contributed by atoms with Crippen molar-refractivity contribution in [1.82, 2.24) is 4.98 Å². The molecule has 2 atom stereocenters. The number of rotatable bonds is 9. The third-order valence-electron chi connectivity index (χ3n) is 7.64. The molecule has 0 spiro atoms. The van der Waals surface area contributed by atoms with Crippen molar-refractivity contribution in [2.24, 2.45) is 17.8 Å². The van der Waals surface area contributed by atoms with Gasteiger partial charge in [-0.2, -0.15) is 9.37 Å². The highest BCUT2D eigenvalue weighted by molar-refractivity contribution is 6.03. The molecular formula is C25H31F2N3O4. The Kier molecular flexibility index (Phi) is 6.00. The number of ether oxygens (including phenoxy) is 2. The first-order chi connectivity index (χ1) is 16.4. The van der Waals surface area contributed by atoms with Crippen LogP contribution in [0.25, 0.3) is 0 Å². The zero-order valence-electron chi connectivity index (χ0n) is 19.8. The van der Waals surface area contributed by atoms with Gasteiger partial charge in [-0.1, -0.05) is 13.8 Å². The van der Waals surface area contributed by atoms with Crippen molar-refractivity contribution in [3.8, 4) is 5.75 Å². The zero-order chi connectivity index (χ0) is 24.0. The zero-order valence-corrected chi connectivity index (χ0v) is 19.8. The normalized spacial score (nSPS) is 24.5. The highest BCUT2D eigenvalue weighted by atomic mass is 19.2. The summed E-state index contributed by atoms with van der Waals surface area (Å²) in [5.74, 6) is -0.666. The molecule has 7 nitrogen and oxygen atoms in total. The van der Waals surface area contributed by atoms with Gasteiger partial charge in [-0.15, -0.1) is 0 Å². The van der Waals surface area contributed by atoms with Crippen molar-refractivity contribution >= 4 is 17.6 Å². The number of hydrogen-bond donors (Lipinski definition) is 1. The third kappa shape index (κ3) is 4.15. The summed E-state index contributed by atoms with van der Waals surface area (Å²) in [6, 6.07) is 2.99. The maximum atomic E-state index is 14.7. The minimum absolute atomic E-state index is 0.0591. The molecule has 1 aliphatic heterocycles. The van der Waals surface area contributed by atoms with Crippen LogP contribution in [-0.2, 0) is 11.2 Å². The van der Waals surface area contributed by atoms with Crippen molar-refractivity contribution in [3.05, 3.63) is 35.2 Å². The molecule has 1 aromatic heterocycles. The quantitative estimate of drug-likeness (QED) is 0.561. The fraction of sp³-hybridized carbons (Fsp3) is 0.600. The number of methoxy groups -OCH3 is 1. The Balaban J connectivity index is 1.24. The summed E-state index contributed by atoms with van der Waals surface area (Å²) in [5.41, 5.74) is -0.452. The van der Waals surface area contributed by atoms with E-state index in [-0.39, 0.29) is 22.7 Å². The lowest BCUT2D eigenvalue weighted by Crippen LogP contribution is -2.62. The minimum atomic E-state index is -1.16. The van der Waals surface area contributed by atoms with E-state index in [1.165, 1.54) is 18.6 Å². The van der Waals surface area contributed by atoms with Crippen LogP contribution in [-0.4, -0.2) is 43.3 Å². The molecule has 1 saturated heterocycles. The van der Waals surface area contributed by atoms with Crippen LogP contribution in [0.4, 0.5) is 20.5 Å². The average Bonchev–Trinajstić information content (AvgIpc) is 3.21. The number of carbonyl (C=O) groups excluding carboxylic acids is 1. The van der Waals surface area contributed by atoms with E-state index < -0.39 is 17.5 Å². The highest BCUT2D eigenvalue weighted by Crippen LogP contribution is 2.54. The van der Waals surface area contributed by atoms with Gasteiger partial charge in [0.2, 0.25) is 5.82 Å². The molecular weight excluding hydrogens is 444 g/mol. The van der Waals surface area contributed by atoms with Gasteiger partial charge in [0.25, 0.3) is 11.9 Å². The third-order valence-corrected chi connectivity index (χ3v) is 7.64. The van der Waals surface area contributed by atoms with Crippen LogP contribution >= 0.6 is 0 Å². The molecule has 0 bridgehead atoms. The van der Waals surface area contributed by atoms with E-state index in [0.717, 1.165) is 31.1 Å². The van der Waals surface area contributed by atoms with Gasteiger partial charge in [0.1, 0.15) is 11.4 Å². The van der Waals surface area contributed by atoms with Crippen molar-refractivity contribution in [2.75, 3.05) is 37.0 Å². The molecule has 9 heteroatoms. The minimum Gasteiger partial charge on any atom is -0.490 e. The van der Waals surface area contributed by atoms with Crippen LogP contribution in [0.1, 0.15) is 55.8 Å². The van der Waals surface area contributed by atoms with E-state index in [9.17, 15) is 13.6 Å². The molecule has 2 aromatic rings. The second-order valence-electron chi connectivity index (χ2n) is 9.82. The Bertz CT molecular complexity index is 1070. The fourth-order valence-corrected chi connectivity index (χ4v) is 5.28. The van der Waals surface area contributed by atoms with E-state index in [4.69, 9.17) is 13.9 Å². The van der Waals surface area contributed by atoms with Gasteiger partial charge < -0.3 is 24.1 Å². The lowest BCUT2D eigenvalue weighted by atomic mass is 9.91. The number of fused-ring (bicyclic) bond motifs is 1. The molecule has 5 rings (SSSR count). The maximum absolute atomic E-state index is 14.7. The van der Waals surface area contributed by atoms with Gasteiger partial charge in [-0.25, -0.2) is 4.39 Å². The predicted octanol–water partition coefficient (Wildman–Crippen LogP) is 4.81. The number of nitrogens with zero attached hydrogens (tertiary/aromatic N) is 2. The first-order valence-electron chi connectivity index (χ1n) is 12.1. The number of halogens is 2. The number of aryl methyl sites for hydroxylation is 1. The lowest BCUT2D eigenvalue weighted by molar-refractivity contribution is -0.0379. The summed E-state index contributed by atoms with van der Waals surface area (Å²) in [5, 5.41) is 2.43. The number of benzene rings is 1. The van der Waals surface area contributed by atoms with Crippen LogP contribution in [0.15, 0.2) is 16.5 Å². The van der Waals surface area contributed by atoms with E-state index in [2.05, 4.69) is 10.3 Å². The van der Waals surface area contributed by atoms with Gasteiger partial charge >= 0.3 is 0 Å². The summed E-state index contributed by atoms with van der Waals surface area (Å²) in [6.45, 7) is 5.48. The van der Waals surface area contributed by atoms with Crippen molar-refractivity contribution in [2.45, 2.75) is 51.6 Å². The number of carbonyl (C=O) groups is 1. The maximum Gasteiger partial charge on any atom is 0.298 e.